The van der Waals surface area contributed by atoms with Crippen LogP contribution >= 0.6 is 11.3 Å². The highest BCUT2D eigenvalue weighted by molar-refractivity contribution is 7.26. The van der Waals surface area contributed by atoms with Gasteiger partial charge in [0.15, 0.2) is 0 Å². The van der Waals surface area contributed by atoms with E-state index in [0.29, 0.717) is 0 Å². The Hall–Kier alpha value is -6.48. The van der Waals surface area contributed by atoms with E-state index >= 15 is 0 Å². The average molecular weight is 720 g/mol. The second kappa shape index (κ2) is 12.3. The van der Waals surface area contributed by atoms with Gasteiger partial charge in [0.2, 0.25) is 0 Å². The summed E-state index contributed by atoms with van der Waals surface area (Å²) < 4.78 is 2.58. The Morgan fingerprint density at radius 2 is 1.05 bits per heavy atom. The van der Waals surface area contributed by atoms with Crippen LogP contribution in [-0.2, 0) is 5.41 Å². The first-order valence-electron chi connectivity index (χ1n) is 19.1. The smallest absolute Gasteiger partial charge is 0.0640 e. The van der Waals surface area contributed by atoms with Crippen molar-refractivity contribution in [1.29, 1.82) is 0 Å². The van der Waals surface area contributed by atoms with Crippen LogP contribution in [0.5, 0.6) is 0 Å². The fourth-order valence-corrected chi connectivity index (χ4v) is 10.6. The number of fused-ring (bicyclic) bond motifs is 9. The molecule has 0 saturated heterocycles. The quantitative estimate of drug-likeness (QED) is 0.171. The maximum absolute atomic E-state index is 2.52. The number of thiophene rings is 1. The van der Waals surface area contributed by atoms with Gasteiger partial charge in [0, 0.05) is 31.8 Å². The summed E-state index contributed by atoms with van der Waals surface area (Å²) >= 11 is 1.88. The molecule has 1 heterocycles. The number of benzene rings is 9. The molecule has 1 aliphatic rings. The Bertz CT molecular complexity index is 3130. The summed E-state index contributed by atoms with van der Waals surface area (Å²) in [6.45, 7) is 4.79. The zero-order valence-electron chi connectivity index (χ0n) is 30.8. The van der Waals surface area contributed by atoms with Crippen LogP contribution in [0.1, 0.15) is 25.0 Å². The van der Waals surface area contributed by atoms with Crippen molar-refractivity contribution < 1.29 is 0 Å². The molecule has 55 heavy (non-hydrogen) atoms. The first kappa shape index (κ1) is 32.0. The summed E-state index contributed by atoms with van der Waals surface area (Å²) in [4.78, 5) is 2.52. The molecule has 0 aliphatic heterocycles. The molecule has 1 aromatic heterocycles. The first-order valence-corrected chi connectivity index (χ1v) is 19.9. The minimum atomic E-state index is -0.127. The molecule has 0 N–H and O–H groups in total. The van der Waals surface area contributed by atoms with Crippen molar-refractivity contribution in [3.8, 4) is 33.4 Å². The molecule has 0 unspecified atom stereocenters. The predicted molar refractivity (Wildman–Crippen MR) is 237 cm³/mol. The van der Waals surface area contributed by atoms with E-state index in [4.69, 9.17) is 0 Å². The summed E-state index contributed by atoms with van der Waals surface area (Å²) in [5.41, 5.74) is 13.8. The lowest BCUT2D eigenvalue weighted by atomic mass is 9.79. The molecule has 0 amide bonds. The van der Waals surface area contributed by atoms with Gasteiger partial charge in [-0.1, -0.05) is 172 Å². The molecule has 1 nitrogen and oxygen atoms in total. The number of para-hydroxylation sites is 1. The van der Waals surface area contributed by atoms with Crippen molar-refractivity contribution in [2.45, 2.75) is 19.3 Å². The Labute approximate surface area is 325 Å². The van der Waals surface area contributed by atoms with Crippen molar-refractivity contribution in [1.82, 2.24) is 0 Å². The third-order valence-electron chi connectivity index (χ3n) is 11.8. The van der Waals surface area contributed by atoms with Crippen LogP contribution < -0.4 is 4.90 Å². The Kier molecular flexibility index (Phi) is 7.14. The molecule has 0 spiro atoms. The molecule has 0 saturated carbocycles. The monoisotopic (exact) mass is 719 g/mol. The molecule has 11 rings (SSSR count). The van der Waals surface area contributed by atoms with Crippen LogP contribution in [0.15, 0.2) is 188 Å². The molecule has 10 aromatic rings. The topological polar surface area (TPSA) is 3.24 Å². The van der Waals surface area contributed by atoms with Gasteiger partial charge in [-0.15, -0.1) is 11.3 Å². The van der Waals surface area contributed by atoms with Gasteiger partial charge in [-0.25, -0.2) is 0 Å². The number of hydrogen-bond donors (Lipinski definition) is 0. The molecule has 9 aromatic carbocycles. The molecule has 0 bridgehead atoms. The second-order valence-corrected chi connectivity index (χ2v) is 16.3. The van der Waals surface area contributed by atoms with Crippen LogP contribution in [0.25, 0.3) is 75.1 Å². The summed E-state index contributed by atoms with van der Waals surface area (Å²) in [5.74, 6) is 0. The average Bonchev–Trinajstić information content (AvgIpc) is 3.74. The fraction of sp³-hybridized carbons (Fsp3) is 0.0566. The van der Waals surface area contributed by atoms with E-state index in [9.17, 15) is 0 Å². The number of rotatable bonds is 5. The number of hydrogen-bond acceptors (Lipinski definition) is 2. The van der Waals surface area contributed by atoms with Crippen molar-refractivity contribution >= 4 is 70.1 Å². The molecule has 1 aliphatic carbocycles. The van der Waals surface area contributed by atoms with E-state index in [0.717, 1.165) is 11.4 Å². The molecule has 260 valence electrons. The van der Waals surface area contributed by atoms with Crippen molar-refractivity contribution in [3.63, 3.8) is 0 Å². The lowest BCUT2D eigenvalue weighted by Gasteiger charge is -2.30. The van der Waals surface area contributed by atoms with E-state index in [1.54, 1.807) is 0 Å². The lowest BCUT2D eigenvalue weighted by molar-refractivity contribution is 0.666. The van der Waals surface area contributed by atoms with E-state index in [-0.39, 0.29) is 5.41 Å². The normalized spacial score (nSPS) is 13.1. The summed E-state index contributed by atoms with van der Waals surface area (Å²) in [5, 5.41) is 7.66. The summed E-state index contributed by atoms with van der Waals surface area (Å²) in [6.07, 6.45) is 0. The third-order valence-corrected chi connectivity index (χ3v) is 13.0. The summed E-state index contributed by atoms with van der Waals surface area (Å²) in [7, 11) is 0. The zero-order valence-corrected chi connectivity index (χ0v) is 31.6. The fourth-order valence-electron chi connectivity index (χ4n) is 9.41. The SMILES string of the molecule is CC1(C)c2ccccc2-c2c(-c3ccc(N(c4ccccc4-c4ccccc4)c4cccc5c4sc4ccccc45)c4ccccc34)cc3ccccc3c21. The number of nitrogens with zero attached hydrogens (tertiary/aromatic N) is 1. The van der Waals surface area contributed by atoms with E-state index in [1.807, 2.05) is 11.3 Å². The zero-order chi connectivity index (χ0) is 36.7. The predicted octanol–water partition coefficient (Wildman–Crippen LogP) is 15.5. The minimum Gasteiger partial charge on any atom is -0.308 e. The van der Waals surface area contributed by atoms with Gasteiger partial charge in [-0.05, 0) is 85.4 Å². The standard InChI is InChI=1S/C53H37NS/c1-53(2)45-27-13-10-25-43(45)50-44(33-35-19-6-7-21-37(35)51(50)53)39-31-32-47(40-23-9-8-22-38(39)40)54(46-28-14-11-20-36(46)34-17-4-3-5-18-34)48-29-16-26-42-41-24-12-15-30-49(41)55-52(42)48/h3-33H,1-2H3. The van der Waals surface area contributed by atoms with E-state index < -0.39 is 0 Å². The highest BCUT2D eigenvalue weighted by atomic mass is 32.1. The van der Waals surface area contributed by atoms with E-state index in [2.05, 4.69) is 207 Å². The van der Waals surface area contributed by atoms with Gasteiger partial charge in [0.1, 0.15) is 0 Å². The van der Waals surface area contributed by atoms with Gasteiger partial charge >= 0.3 is 0 Å². The second-order valence-electron chi connectivity index (χ2n) is 15.2. The van der Waals surface area contributed by atoms with Gasteiger partial charge < -0.3 is 4.90 Å². The van der Waals surface area contributed by atoms with Crippen LogP contribution in [0.4, 0.5) is 17.1 Å². The van der Waals surface area contributed by atoms with Crippen LogP contribution in [0.3, 0.4) is 0 Å². The number of anilines is 3. The molecule has 0 radical (unpaired) electrons. The van der Waals surface area contributed by atoms with E-state index in [1.165, 1.54) is 91.9 Å². The lowest BCUT2D eigenvalue weighted by Crippen LogP contribution is -2.15. The Balaban J connectivity index is 1.22. The third kappa shape index (κ3) is 4.78. The van der Waals surface area contributed by atoms with Gasteiger partial charge in [-0.2, -0.15) is 0 Å². The highest BCUT2D eigenvalue weighted by Crippen LogP contribution is 2.56. The Morgan fingerprint density at radius 3 is 1.91 bits per heavy atom. The summed E-state index contributed by atoms with van der Waals surface area (Å²) in [6, 6.07) is 69.5. The van der Waals surface area contributed by atoms with Crippen molar-refractivity contribution in [2.24, 2.45) is 0 Å². The van der Waals surface area contributed by atoms with Crippen molar-refractivity contribution in [3.05, 3.63) is 199 Å². The van der Waals surface area contributed by atoms with Crippen molar-refractivity contribution in [2.75, 3.05) is 4.90 Å². The van der Waals surface area contributed by atoms with Gasteiger partial charge in [0.25, 0.3) is 0 Å². The van der Waals surface area contributed by atoms with Crippen LogP contribution in [-0.4, -0.2) is 0 Å². The molecular formula is C53H37NS. The van der Waals surface area contributed by atoms with Crippen LogP contribution in [0, 0.1) is 0 Å². The van der Waals surface area contributed by atoms with Crippen LogP contribution in [0.2, 0.25) is 0 Å². The molecule has 0 atom stereocenters. The first-order chi connectivity index (χ1) is 27.1. The largest absolute Gasteiger partial charge is 0.308 e. The highest BCUT2D eigenvalue weighted by Gasteiger charge is 2.38. The Morgan fingerprint density at radius 1 is 0.418 bits per heavy atom. The molecule has 0 fully saturated rings. The molecule has 2 heteroatoms. The molecular weight excluding hydrogens is 683 g/mol. The maximum Gasteiger partial charge on any atom is 0.0640 e. The maximum atomic E-state index is 2.52. The van der Waals surface area contributed by atoms with Gasteiger partial charge in [-0.3, -0.25) is 0 Å². The minimum absolute atomic E-state index is 0.127. The van der Waals surface area contributed by atoms with Gasteiger partial charge in [0.05, 0.1) is 21.8 Å².